The number of hydrogen-bond donors (Lipinski definition) is 2. The minimum atomic E-state index is -0.384. The SMILES string of the molecule is CCOC(=O)c1c(NC(=O)C2CCCC2N)sc(C)c1C. The van der Waals surface area contributed by atoms with Gasteiger partial charge in [-0.05, 0) is 39.2 Å². The van der Waals surface area contributed by atoms with Crippen LogP contribution in [0.3, 0.4) is 0 Å². The van der Waals surface area contributed by atoms with Gasteiger partial charge in [-0.25, -0.2) is 4.79 Å². The second-order valence-corrected chi connectivity index (χ2v) is 6.62. The summed E-state index contributed by atoms with van der Waals surface area (Å²) in [5.41, 5.74) is 7.30. The number of aryl methyl sites for hydroxylation is 1. The van der Waals surface area contributed by atoms with Crippen molar-refractivity contribution < 1.29 is 14.3 Å². The Bertz CT molecular complexity index is 553. The van der Waals surface area contributed by atoms with Gasteiger partial charge >= 0.3 is 5.97 Å². The normalized spacial score (nSPS) is 21.3. The Hall–Kier alpha value is -1.40. The zero-order valence-corrected chi connectivity index (χ0v) is 13.5. The summed E-state index contributed by atoms with van der Waals surface area (Å²) in [6, 6.07) is -0.0850. The first-order valence-corrected chi connectivity index (χ1v) is 8.10. The lowest BCUT2D eigenvalue weighted by Gasteiger charge is -2.15. The van der Waals surface area contributed by atoms with E-state index in [4.69, 9.17) is 10.5 Å². The molecule has 1 aromatic heterocycles. The van der Waals surface area contributed by atoms with Crippen LogP contribution in [0, 0.1) is 19.8 Å². The number of nitrogens with two attached hydrogens (primary N) is 1. The Morgan fingerprint density at radius 2 is 2.10 bits per heavy atom. The summed E-state index contributed by atoms with van der Waals surface area (Å²) in [6.07, 6.45) is 2.67. The van der Waals surface area contributed by atoms with Crippen molar-refractivity contribution in [3.63, 3.8) is 0 Å². The number of rotatable bonds is 4. The molecule has 0 aromatic carbocycles. The second kappa shape index (κ2) is 6.58. The van der Waals surface area contributed by atoms with Gasteiger partial charge in [0.25, 0.3) is 0 Å². The highest BCUT2D eigenvalue weighted by molar-refractivity contribution is 7.16. The fourth-order valence-corrected chi connectivity index (χ4v) is 3.73. The lowest BCUT2D eigenvalue weighted by molar-refractivity contribution is -0.120. The summed E-state index contributed by atoms with van der Waals surface area (Å²) in [5, 5.41) is 3.46. The van der Waals surface area contributed by atoms with E-state index in [0.29, 0.717) is 17.2 Å². The fraction of sp³-hybridized carbons (Fsp3) is 0.600. The minimum Gasteiger partial charge on any atom is -0.462 e. The predicted molar refractivity (Wildman–Crippen MR) is 83.7 cm³/mol. The molecule has 116 valence electrons. The Morgan fingerprint density at radius 3 is 2.67 bits per heavy atom. The molecule has 2 rings (SSSR count). The summed E-state index contributed by atoms with van der Waals surface area (Å²) in [7, 11) is 0. The van der Waals surface area contributed by atoms with E-state index in [1.807, 2.05) is 13.8 Å². The smallest absolute Gasteiger partial charge is 0.341 e. The second-order valence-electron chi connectivity index (χ2n) is 5.40. The maximum Gasteiger partial charge on any atom is 0.341 e. The largest absolute Gasteiger partial charge is 0.462 e. The number of thiophene rings is 1. The minimum absolute atomic E-state index is 0.0850. The maximum atomic E-state index is 12.3. The Labute approximate surface area is 128 Å². The van der Waals surface area contributed by atoms with Gasteiger partial charge in [0.05, 0.1) is 18.1 Å². The van der Waals surface area contributed by atoms with Crippen molar-refractivity contribution in [1.82, 2.24) is 0 Å². The molecule has 1 amide bonds. The van der Waals surface area contributed by atoms with Crippen molar-refractivity contribution in [3.05, 3.63) is 16.0 Å². The molecule has 0 radical (unpaired) electrons. The fourth-order valence-electron chi connectivity index (χ4n) is 2.68. The van der Waals surface area contributed by atoms with E-state index in [1.54, 1.807) is 6.92 Å². The van der Waals surface area contributed by atoms with Gasteiger partial charge in [0.1, 0.15) is 5.00 Å². The molecule has 3 N–H and O–H groups in total. The Morgan fingerprint density at radius 1 is 1.38 bits per heavy atom. The van der Waals surface area contributed by atoms with Crippen LogP contribution in [0.15, 0.2) is 0 Å². The molecular formula is C15H22N2O3S. The van der Waals surface area contributed by atoms with Crippen molar-refractivity contribution in [2.75, 3.05) is 11.9 Å². The van der Waals surface area contributed by atoms with Gasteiger partial charge in [-0.3, -0.25) is 4.79 Å². The molecule has 2 atom stereocenters. The highest BCUT2D eigenvalue weighted by Crippen LogP contribution is 2.34. The predicted octanol–water partition coefficient (Wildman–Crippen LogP) is 2.61. The van der Waals surface area contributed by atoms with E-state index in [1.165, 1.54) is 11.3 Å². The molecule has 1 fully saturated rings. The summed E-state index contributed by atoms with van der Waals surface area (Å²) < 4.78 is 5.08. The van der Waals surface area contributed by atoms with E-state index in [9.17, 15) is 9.59 Å². The first kappa shape index (κ1) is 16.0. The third-order valence-electron chi connectivity index (χ3n) is 4.01. The van der Waals surface area contributed by atoms with Gasteiger partial charge in [0.2, 0.25) is 5.91 Å². The number of carbonyl (C=O) groups is 2. The van der Waals surface area contributed by atoms with E-state index < -0.39 is 0 Å². The average Bonchev–Trinajstić information content (AvgIpc) is 2.95. The van der Waals surface area contributed by atoms with Crippen LogP contribution in [0.5, 0.6) is 0 Å². The standard InChI is InChI=1S/C15H22N2O3S/c1-4-20-15(19)12-8(2)9(3)21-14(12)17-13(18)10-6-5-7-11(10)16/h10-11H,4-7,16H2,1-3H3,(H,17,18). The molecule has 0 bridgehead atoms. The zero-order chi connectivity index (χ0) is 15.6. The molecule has 1 heterocycles. The average molecular weight is 310 g/mol. The molecule has 1 aliphatic rings. The maximum absolute atomic E-state index is 12.3. The number of esters is 1. The first-order valence-electron chi connectivity index (χ1n) is 7.29. The Balaban J connectivity index is 2.21. The van der Waals surface area contributed by atoms with Crippen molar-refractivity contribution in [3.8, 4) is 0 Å². The van der Waals surface area contributed by atoms with Crippen LogP contribution in [0.4, 0.5) is 5.00 Å². The number of carbonyl (C=O) groups excluding carboxylic acids is 2. The molecule has 0 saturated heterocycles. The molecule has 2 unspecified atom stereocenters. The molecule has 1 saturated carbocycles. The van der Waals surface area contributed by atoms with Gasteiger partial charge < -0.3 is 15.8 Å². The van der Waals surface area contributed by atoms with Gasteiger partial charge in [-0.15, -0.1) is 11.3 Å². The lowest BCUT2D eigenvalue weighted by atomic mass is 10.0. The van der Waals surface area contributed by atoms with Crippen molar-refractivity contribution in [1.29, 1.82) is 0 Å². The highest BCUT2D eigenvalue weighted by atomic mass is 32.1. The molecule has 6 heteroatoms. The van der Waals surface area contributed by atoms with Crippen LogP contribution in [-0.2, 0) is 9.53 Å². The zero-order valence-electron chi connectivity index (χ0n) is 12.7. The highest BCUT2D eigenvalue weighted by Gasteiger charge is 2.32. The Kier molecular flexibility index (Phi) is 5.00. The van der Waals surface area contributed by atoms with Crippen molar-refractivity contribution in [2.24, 2.45) is 11.7 Å². The number of ether oxygens (including phenoxy) is 1. The topological polar surface area (TPSA) is 81.4 Å². The van der Waals surface area contributed by atoms with Gasteiger partial charge in [0.15, 0.2) is 0 Å². The van der Waals surface area contributed by atoms with E-state index in [2.05, 4.69) is 5.32 Å². The van der Waals surface area contributed by atoms with Crippen LogP contribution < -0.4 is 11.1 Å². The van der Waals surface area contributed by atoms with Gasteiger partial charge in [0, 0.05) is 10.9 Å². The number of hydrogen-bond acceptors (Lipinski definition) is 5. The molecule has 1 aromatic rings. The molecule has 21 heavy (non-hydrogen) atoms. The third-order valence-corrected chi connectivity index (χ3v) is 5.13. The van der Waals surface area contributed by atoms with Gasteiger partial charge in [-0.2, -0.15) is 0 Å². The summed E-state index contributed by atoms with van der Waals surface area (Å²) >= 11 is 1.41. The summed E-state index contributed by atoms with van der Waals surface area (Å²) in [4.78, 5) is 25.4. The monoisotopic (exact) mass is 310 g/mol. The van der Waals surface area contributed by atoms with E-state index >= 15 is 0 Å². The molecule has 1 aliphatic carbocycles. The first-order chi connectivity index (χ1) is 9.95. The summed E-state index contributed by atoms with van der Waals surface area (Å²) in [5.74, 6) is -0.639. The third kappa shape index (κ3) is 3.27. The lowest BCUT2D eigenvalue weighted by Crippen LogP contribution is -2.34. The van der Waals surface area contributed by atoms with Crippen LogP contribution >= 0.6 is 11.3 Å². The van der Waals surface area contributed by atoms with Crippen LogP contribution in [0.25, 0.3) is 0 Å². The van der Waals surface area contributed by atoms with E-state index in [-0.39, 0.29) is 23.8 Å². The number of amides is 1. The van der Waals surface area contributed by atoms with E-state index in [0.717, 1.165) is 29.7 Å². The van der Waals surface area contributed by atoms with Crippen molar-refractivity contribution in [2.45, 2.75) is 46.1 Å². The van der Waals surface area contributed by atoms with Crippen molar-refractivity contribution >= 4 is 28.2 Å². The van der Waals surface area contributed by atoms with Crippen LogP contribution in [-0.4, -0.2) is 24.5 Å². The van der Waals surface area contributed by atoms with Crippen LogP contribution in [0.2, 0.25) is 0 Å². The van der Waals surface area contributed by atoms with Gasteiger partial charge in [-0.1, -0.05) is 6.42 Å². The molecule has 0 spiro atoms. The molecular weight excluding hydrogens is 288 g/mol. The molecule has 5 nitrogen and oxygen atoms in total. The van der Waals surface area contributed by atoms with Crippen LogP contribution in [0.1, 0.15) is 47.0 Å². The summed E-state index contributed by atoms with van der Waals surface area (Å²) in [6.45, 7) is 5.88. The number of anilines is 1. The number of nitrogens with one attached hydrogen (secondary N) is 1. The quantitative estimate of drug-likeness (QED) is 0.838. The molecule has 0 aliphatic heterocycles.